The Bertz CT molecular complexity index is 1430. The van der Waals surface area contributed by atoms with Gasteiger partial charge in [-0.3, -0.25) is 4.79 Å². The molecule has 0 bridgehead atoms. The first-order valence-electron chi connectivity index (χ1n) is 11.9. The summed E-state index contributed by atoms with van der Waals surface area (Å²) in [7, 11) is -3.82. The lowest BCUT2D eigenvalue weighted by atomic mass is 10.1. The number of anilines is 1. The topological polar surface area (TPSA) is 84.3 Å². The van der Waals surface area contributed by atoms with E-state index in [1.807, 2.05) is 75.4 Å². The molecule has 3 aromatic carbocycles. The molecule has 36 heavy (non-hydrogen) atoms. The molecule has 4 aromatic rings. The number of amides is 1. The molecule has 0 aliphatic carbocycles. The van der Waals surface area contributed by atoms with Crippen LogP contribution in [0.5, 0.6) is 0 Å². The van der Waals surface area contributed by atoms with E-state index in [4.69, 9.17) is 5.10 Å². The summed E-state index contributed by atoms with van der Waals surface area (Å²) in [5.41, 5.74) is 4.47. The largest absolute Gasteiger partial charge is 0.309 e. The SMILES string of the molecule is CCCN(CC(=O)Nc1cc(-c2ccccc2)nn1-c1ccc(C)cc1)S(=O)(=O)c1ccc(C)cc1. The lowest BCUT2D eigenvalue weighted by molar-refractivity contribution is -0.116. The van der Waals surface area contributed by atoms with Crippen LogP contribution < -0.4 is 5.32 Å². The smallest absolute Gasteiger partial charge is 0.243 e. The summed E-state index contributed by atoms with van der Waals surface area (Å²) >= 11 is 0. The zero-order valence-corrected chi connectivity index (χ0v) is 21.5. The van der Waals surface area contributed by atoms with Crippen LogP contribution in [-0.4, -0.2) is 41.5 Å². The van der Waals surface area contributed by atoms with E-state index >= 15 is 0 Å². The normalized spacial score (nSPS) is 11.6. The fourth-order valence-corrected chi connectivity index (χ4v) is 5.33. The zero-order chi connectivity index (χ0) is 25.7. The van der Waals surface area contributed by atoms with E-state index in [0.717, 1.165) is 22.4 Å². The highest BCUT2D eigenvalue weighted by atomic mass is 32.2. The number of hydrogen-bond acceptors (Lipinski definition) is 4. The van der Waals surface area contributed by atoms with Crippen molar-refractivity contribution >= 4 is 21.7 Å². The molecular weight excluding hydrogens is 472 g/mol. The van der Waals surface area contributed by atoms with E-state index in [2.05, 4.69) is 5.32 Å². The lowest BCUT2D eigenvalue weighted by Gasteiger charge is -2.21. The minimum Gasteiger partial charge on any atom is -0.309 e. The van der Waals surface area contributed by atoms with Gasteiger partial charge in [-0.1, -0.05) is 72.6 Å². The summed E-state index contributed by atoms with van der Waals surface area (Å²) in [6.07, 6.45) is 0.581. The summed E-state index contributed by atoms with van der Waals surface area (Å²) in [5, 5.41) is 7.61. The van der Waals surface area contributed by atoms with Crippen LogP contribution in [0, 0.1) is 13.8 Å². The second kappa shape index (κ2) is 10.9. The van der Waals surface area contributed by atoms with Crippen molar-refractivity contribution in [2.45, 2.75) is 32.1 Å². The van der Waals surface area contributed by atoms with Gasteiger partial charge < -0.3 is 5.32 Å². The summed E-state index contributed by atoms with van der Waals surface area (Å²) in [6, 6.07) is 25.9. The van der Waals surface area contributed by atoms with Crippen LogP contribution in [0.3, 0.4) is 0 Å². The third kappa shape index (κ3) is 5.72. The van der Waals surface area contributed by atoms with Crippen molar-refractivity contribution in [2.24, 2.45) is 0 Å². The molecule has 0 saturated carbocycles. The Morgan fingerprint density at radius 3 is 2.14 bits per heavy atom. The minimum atomic E-state index is -3.82. The maximum atomic E-state index is 13.3. The van der Waals surface area contributed by atoms with Crippen molar-refractivity contribution in [3.8, 4) is 16.9 Å². The molecule has 1 aromatic heterocycles. The molecule has 1 amide bonds. The highest BCUT2D eigenvalue weighted by molar-refractivity contribution is 7.89. The molecule has 1 N–H and O–H groups in total. The number of nitrogens with one attached hydrogen (secondary N) is 1. The van der Waals surface area contributed by atoms with Crippen molar-refractivity contribution in [2.75, 3.05) is 18.4 Å². The van der Waals surface area contributed by atoms with E-state index < -0.39 is 15.9 Å². The molecule has 1 heterocycles. The van der Waals surface area contributed by atoms with Crippen LogP contribution in [0.2, 0.25) is 0 Å². The number of aromatic nitrogens is 2. The molecule has 0 fully saturated rings. The lowest BCUT2D eigenvalue weighted by Crippen LogP contribution is -2.38. The molecule has 8 heteroatoms. The Hall–Kier alpha value is -3.75. The fourth-order valence-electron chi connectivity index (χ4n) is 3.84. The van der Waals surface area contributed by atoms with Gasteiger partial charge in [-0.15, -0.1) is 0 Å². The van der Waals surface area contributed by atoms with Crippen LogP contribution >= 0.6 is 0 Å². The zero-order valence-electron chi connectivity index (χ0n) is 20.7. The number of benzene rings is 3. The first-order valence-corrected chi connectivity index (χ1v) is 13.3. The molecule has 0 aliphatic heterocycles. The van der Waals surface area contributed by atoms with Gasteiger partial charge in [-0.25, -0.2) is 13.1 Å². The average Bonchev–Trinajstić information content (AvgIpc) is 3.28. The number of carbonyl (C=O) groups excluding carboxylic acids is 1. The number of carbonyl (C=O) groups is 1. The molecule has 0 unspecified atom stereocenters. The van der Waals surface area contributed by atoms with Gasteiger partial charge in [0.2, 0.25) is 15.9 Å². The minimum absolute atomic E-state index is 0.172. The summed E-state index contributed by atoms with van der Waals surface area (Å²) in [4.78, 5) is 13.3. The summed E-state index contributed by atoms with van der Waals surface area (Å²) in [6.45, 7) is 5.71. The van der Waals surface area contributed by atoms with Crippen LogP contribution in [0.25, 0.3) is 16.9 Å². The van der Waals surface area contributed by atoms with Crippen molar-refractivity contribution in [3.05, 3.63) is 96.1 Å². The first-order chi connectivity index (χ1) is 17.3. The molecule has 0 aliphatic rings. The third-order valence-electron chi connectivity index (χ3n) is 5.78. The molecule has 0 radical (unpaired) electrons. The van der Waals surface area contributed by atoms with Gasteiger partial charge in [0.05, 0.1) is 22.8 Å². The Kier molecular flexibility index (Phi) is 7.67. The maximum absolute atomic E-state index is 13.3. The van der Waals surface area contributed by atoms with Crippen molar-refractivity contribution in [3.63, 3.8) is 0 Å². The number of nitrogens with zero attached hydrogens (tertiary/aromatic N) is 3. The third-order valence-corrected chi connectivity index (χ3v) is 7.64. The Balaban J connectivity index is 1.63. The number of rotatable bonds is 9. The quantitative estimate of drug-likeness (QED) is 0.341. The molecule has 186 valence electrons. The highest BCUT2D eigenvalue weighted by Crippen LogP contribution is 2.25. The molecule has 4 rings (SSSR count). The summed E-state index contributed by atoms with van der Waals surface area (Å²) in [5.74, 6) is 0.0268. The van der Waals surface area contributed by atoms with Gasteiger partial charge in [0.25, 0.3) is 0 Å². The van der Waals surface area contributed by atoms with Crippen molar-refractivity contribution < 1.29 is 13.2 Å². The molecule has 0 atom stereocenters. The molecular formula is C28H30N4O3S. The van der Waals surface area contributed by atoms with Gasteiger partial charge in [-0.05, 0) is 44.5 Å². The van der Waals surface area contributed by atoms with E-state index in [1.54, 1.807) is 35.0 Å². The highest BCUT2D eigenvalue weighted by Gasteiger charge is 2.26. The Morgan fingerprint density at radius 1 is 0.917 bits per heavy atom. The number of sulfonamides is 1. The Morgan fingerprint density at radius 2 is 1.53 bits per heavy atom. The van der Waals surface area contributed by atoms with Crippen LogP contribution in [0.4, 0.5) is 5.82 Å². The van der Waals surface area contributed by atoms with Crippen molar-refractivity contribution in [1.82, 2.24) is 14.1 Å². The van der Waals surface area contributed by atoms with Crippen LogP contribution in [0.15, 0.2) is 89.8 Å². The monoisotopic (exact) mass is 502 g/mol. The predicted octanol–water partition coefficient (Wildman–Crippen LogP) is 5.20. The van der Waals surface area contributed by atoms with Crippen molar-refractivity contribution in [1.29, 1.82) is 0 Å². The second-order valence-corrected chi connectivity index (χ2v) is 10.7. The van der Waals surface area contributed by atoms with Gasteiger partial charge in [0.15, 0.2) is 0 Å². The summed E-state index contributed by atoms with van der Waals surface area (Å²) < 4.78 is 29.4. The standard InChI is InChI=1S/C28H30N4O3S/c1-4-18-31(36(34,35)25-16-12-22(3)13-17-25)20-28(33)29-27-19-26(23-8-6-5-7-9-23)30-32(27)24-14-10-21(2)11-15-24/h5-17,19H,4,18,20H2,1-3H3,(H,29,33). The molecule has 7 nitrogen and oxygen atoms in total. The molecule has 0 saturated heterocycles. The van der Waals surface area contributed by atoms with E-state index in [0.29, 0.717) is 17.9 Å². The fraction of sp³-hybridized carbons (Fsp3) is 0.214. The number of aryl methyl sites for hydroxylation is 2. The first kappa shape index (κ1) is 25.3. The van der Waals surface area contributed by atoms with E-state index in [-0.39, 0.29) is 18.0 Å². The number of hydrogen-bond donors (Lipinski definition) is 1. The maximum Gasteiger partial charge on any atom is 0.243 e. The second-order valence-electron chi connectivity index (χ2n) is 8.73. The Labute approximate surface area is 212 Å². The van der Waals surface area contributed by atoms with Crippen LogP contribution in [0.1, 0.15) is 24.5 Å². The van der Waals surface area contributed by atoms with E-state index in [9.17, 15) is 13.2 Å². The van der Waals surface area contributed by atoms with Crippen LogP contribution in [-0.2, 0) is 14.8 Å². The molecule has 0 spiro atoms. The van der Waals surface area contributed by atoms with Gasteiger partial charge in [0, 0.05) is 18.2 Å². The van der Waals surface area contributed by atoms with Gasteiger partial charge >= 0.3 is 0 Å². The average molecular weight is 503 g/mol. The van der Waals surface area contributed by atoms with Gasteiger partial charge in [0.1, 0.15) is 5.82 Å². The van der Waals surface area contributed by atoms with E-state index in [1.165, 1.54) is 4.31 Å². The van der Waals surface area contributed by atoms with Gasteiger partial charge in [-0.2, -0.15) is 9.40 Å². The predicted molar refractivity (Wildman–Crippen MR) is 143 cm³/mol.